The predicted octanol–water partition coefficient (Wildman–Crippen LogP) is 19.6. The fourth-order valence-corrected chi connectivity index (χ4v) is 12.9. The molecule has 73 heavy (non-hydrogen) atoms. The van der Waals surface area contributed by atoms with Gasteiger partial charge < -0.3 is 19.0 Å². The second-order valence-electron chi connectivity index (χ2n) is 19.9. The molecular formula is C69H44N2O2. The Balaban J connectivity index is 0.991. The third kappa shape index (κ3) is 5.77. The molecule has 0 radical (unpaired) electrons. The summed E-state index contributed by atoms with van der Waals surface area (Å²) in [6, 6.07) is 80.4. The summed E-state index contributed by atoms with van der Waals surface area (Å²) in [6.45, 7) is 2.31. The third-order valence-corrected chi connectivity index (χ3v) is 16.1. The van der Waals surface area contributed by atoms with Crippen molar-refractivity contribution in [2.45, 2.75) is 12.8 Å². The zero-order valence-corrected chi connectivity index (χ0v) is 39.9. The topological polar surface area (TPSA) is 28.9 Å². The summed E-state index contributed by atoms with van der Waals surface area (Å²) in [5, 5.41) is 19.1. The number of hydrogen-bond acceptors (Lipinski definition) is 4. The molecule has 14 aromatic rings. The van der Waals surface area contributed by atoms with E-state index >= 15 is 0 Å². The molecule has 2 atom stereocenters. The average Bonchev–Trinajstić information content (AvgIpc) is 4.03. The highest BCUT2D eigenvalue weighted by molar-refractivity contribution is 6.29. The average molecular weight is 933 g/mol. The molecule has 4 nitrogen and oxygen atoms in total. The van der Waals surface area contributed by atoms with E-state index < -0.39 is 0 Å². The number of nitrogens with zero attached hydrogens (tertiary/aromatic N) is 2. The minimum absolute atomic E-state index is 0.0895. The monoisotopic (exact) mass is 932 g/mol. The van der Waals surface area contributed by atoms with Crippen LogP contribution in [-0.2, 0) is 0 Å². The summed E-state index contributed by atoms with van der Waals surface area (Å²) < 4.78 is 13.4. The minimum Gasteiger partial charge on any atom is -0.461 e. The standard InChI is InChI=1S/C69H44N2O2/c1-41-13-8-26-62-65(41)69-60(24-12-28-64(69)73-62)71(56-22-10-20-49-47-17-5-3-15-43(47)30-36-51(49)56)58-40-34-45-31-37-52-57(39-33-44-32-38-53(58)67(45)66(44)52)70(59-23-11-27-63-68(59)54-18-6-7-25-61(54)72-63)55-21-9-19-48-46-16-4-2-14-42(46)29-35-50(48)55/h2-41,65H,1H3. The van der Waals surface area contributed by atoms with E-state index in [9.17, 15) is 0 Å². The molecule has 1 aromatic heterocycles. The predicted molar refractivity (Wildman–Crippen MR) is 307 cm³/mol. The van der Waals surface area contributed by atoms with Crippen LogP contribution in [0.5, 0.6) is 5.75 Å². The molecule has 0 spiro atoms. The molecule has 16 rings (SSSR count). The highest BCUT2D eigenvalue weighted by atomic mass is 16.5. The molecule has 0 saturated carbocycles. The molecule has 1 aliphatic heterocycles. The van der Waals surface area contributed by atoms with E-state index in [-0.39, 0.29) is 11.8 Å². The number of benzene rings is 13. The molecular weight excluding hydrogens is 889 g/mol. The smallest absolute Gasteiger partial charge is 0.137 e. The molecule has 4 heteroatoms. The van der Waals surface area contributed by atoms with E-state index in [1.807, 2.05) is 0 Å². The summed E-state index contributed by atoms with van der Waals surface area (Å²) in [4.78, 5) is 5.04. The van der Waals surface area contributed by atoms with Crippen LogP contribution in [0.4, 0.5) is 34.1 Å². The Labute approximate surface area is 420 Å². The molecule has 2 aliphatic rings. The van der Waals surface area contributed by atoms with Crippen molar-refractivity contribution in [3.8, 4) is 5.75 Å². The van der Waals surface area contributed by atoms with Crippen LogP contribution in [0.3, 0.4) is 0 Å². The first-order chi connectivity index (χ1) is 36.1. The Morgan fingerprint density at radius 2 is 0.822 bits per heavy atom. The number of anilines is 6. The van der Waals surface area contributed by atoms with Gasteiger partial charge in [-0.25, -0.2) is 0 Å². The van der Waals surface area contributed by atoms with E-state index in [1.165, 1.54) is 81.0 Å². The number of para-hydroxylation sites is 1. The maximum atomic E-state index is 6.74. The van der Waals surface area contributed by atoms with Crippen molar-refractivity contribution in [2.75, 3.05) is 9.80 Å². The van der Waals surface area contributed by atoms with Gasteiger partial charge >= 0.3 is 0 Å². The lowest BCUT2D eigenvalue weighted by atomic mass is 9.82. The van der Waals surface area contributed by atoms with Gasteiger partial charge in [-0.05, 0) is 120 Å². The number of furan rings is 1. The summed E-state index contributed by atoms with van der Waals surface area (Å²) in [6.07, 6.45) is 6.60. The summed E-state index contributed by atoms with van der Waals surface area (Å²) in [5.74, 6) is 2.28. The minimum atomic E-state index is 0.0895. The van der Waals surface area contributed by atoms with Crippen molar-refractivity contribution < 1.29 is 9.15 Å². The highest BCUT2D eigenvalue weighted by Gasteiger charge is 2.38. The van der Waals surface area contributed by atoms with Gasteiger partial charge in [0, 0.05) is 32.5 Å². The van der Waals surface area contributed by atoms with Gasteiger partial charge in [0.2, 0.25) is 0 Å². The summed E-state index contributed by atoms with van der Waals surface area (Å²) in [5.41, 5.74) is 9.58. The molecule has 2 unspecified atom stereocenters. The molecule has 0 bridgehead atoms. The molecule has 0 saturated heterocycles. The van der Waals surface area contributed by atoms with Gasteiger partial charge in [0.1, 0.15) is 22.7 Å². The van der Waals surface area contributed by atoms with Gasteiger partial charge in [0.05, 0.1) is 45.4 Å². The maximum Gasteiger partial charge on any atom is 0.137 e. The van der Waals surface area contributed by atoms with Crippen LogP contribution in [0.25, 0.3) is 97.3 Å². The Morgan fingerprint density at radius 1 is 0.342 bits per heavy atom. The number of ether oxygens (including phenoxy) is 1. The number of hydrogen-bond donors (Lipinski definition) is 0. The molecule has 342 valence electrons. The lowest BCUT2D eigenvalue weighted by molar-refractivity contribution is 0.404. The van der Waals surface area contributed by atoms with Crippen molar-refractivity contribution in [2.24, 2.45) is 5.92 Å². The van der Waals surface area contributed by atoms with Crippen LogP contribution in [0.1, 0.15) is 18.4 Å². The normalized spacial score (nSPS) is 15.3. The van der Waals surface area contributed by atoms with E-state index in [4.69, 9.17) is 9.15 Å². The molecule has 0 amide bonds. The highest BCUT2D eigenvalue weighted by Crippen LogP contribution is 2.56. The lowest BCUT2D eigenvalue weighted by Crippen LogP contribution is -2.16. The van der Waals surface area contributed by atoms with Crippen LogP contribution in [0, 0.1) is 5.92 Å². The first kappa shape index (κ1) is 40.4. The number of rotatable bonds is 6. The first-order valence-corrected chi connectivity index (χ1v) is 25.4. The largest absolute Gasteiger partial charge is 0.461 e. The fraction of sp³-hybridized carbons (Fsp3) is 0.0435. The molecule has 13 aromatic carbocycles. The molecule has 0 fully saturated rings. The van der Waals surface area contributed by atoms with E-state index in [2.05, 4.69) is 253 Å². The van der Waals surface area contributed by atoms with Gasteiger partial charge in [-0.15, -0.1) is 0 Å². The molecule has 2 heterocycles. The second kappa shape index (κ2) is 15.3. The van der Waals surface area contributed by atoms with Crippen LogP contribution < -0.4 is 14.5 Å². The Kier molecular flexibility index (Phi) is 8.46. The summed E-state index contributed by atoms with van der Waals surface area (Å²) >= 11 is 0. The zero-order chi connectivity index (χ0) is 47.9. The van der Waals surface area contributed by atoms with Crippen molar-refractivity contribution in [3.63, 3.8) is 0 Å². The van der Waals surface area contributed by atoms with Gasteiger partial charge in [0.25, 0.3) is 0 Å². The van der Waals surface area contributed by atoms with Gasteiger partial charge in [-0.2, -0.15) is 0 Å². The number of fused-ring (bicyclic) bond motifs is 12. The number of allylic oxidation sites excluding steroid dienone is 4. The quantitative estimate of drug-likeness (QED) is 0.155. The molecule has 1 aliphatic carbocycles. The van der Waals surface area contributed by atoms with Gasteiger partial charge in [-0.1, -0.05) is 183 Å². The third-order valence-electron chi connectivity index (χ3n) is 16.1. The van der Waals surface area contributed by atoms with Crippen LogP contribution in [0.15, 0.2) is 247 Å². The van der Waals surface area contributed by atoms with Crippen molar-refractivity contribution in [3.05, 3.63) is 248 Å². The Bertz CT molecular complexity index is 4710. The van der Waals surface area contributed by atoms with Crippen LogP contribution >= 0.6 is 0 Å². The van der Waals surface area contributed by atoms with E-state index in [0.29, 0.717) is 0 Å². The maximum absolute atomic E-state index is 6.74. The Morgan fingerprint density at radius 3 is 1.49 bits per heavy atom. The summed E-state index contributed by atoms with van der Waals surface area (Å²) in [7, 11) is 0. The fourth-order valence-electron chi connectivity index (χ4n) is 12.9. The van der Waals surface area contributed by atoms with Crippen molar-refractivity contribution in [1.82, 2.24) is 0 Å². The van der Waals surface area contributed by atoms with Gasteiger partial charge in [-0.3, -0.25) is 0 Å². The lowest BCUT2D eigenvalue weighted by Gasteiger charge is -2.32. The van der Waals surface area contributed by atoms with Crippen LogP contribution in [0.2, 0.25) is 0 Å². The van der Waals surface area contributed by atoms with E-state index in [0.717, 1.165) is 67.6 Å². The molecule has 0 N–H and O–H groups in total. The zero-order valence-electron chi connectivity index (χ0n) is 39.9. The van der Waals surface area contributed by atoms with Crippen molar-refractivity contribution in [1.29, 1.82) is 0 Å². The van der Waals surface area contributed by atoms with Crippen LogP contribution in [-0.4, -0.2) is 0 Å². The van der Waals surface area contributed by atoms with E-state index in [1.54, 1.807) is 0 Å². The SMILES string of the molecule is CC1C=CC=C2Oc3cccc(N(c4cccc5c4ccc4ccccc45)c4ccc5ccc6c(N(c7cccc8c7ccc7ccccc78)c7cccc8oc9ccccc9c78)ccc7ccc4c5c76)c3C21. The van der Waals surface area contributed by atoms with Gasteiger partial charge in [0.15, 0.2) is 0 Å². The van der Waals surface area contributed by atoms with Crippen molar-refractivity contribution >= 4 is 131 Å². The Hall–Kier alpha value is -9.38. The first-order valence-electron chi connectivity index (χ1n) is 25.4. The second-order valence-corrected chi connectivity index (χ2v) is 19.9.